The summed E-state index contributed by atoms with van der Waals surface area (Å²) in [6.45, 7) is 0.956. The minimum atomic E-state index is -0.823. The van der Waals surface area contributed by atoms with Gasteiger partial charge in [0, 0.05) is 16.2 Å². The van der Waals surface area contributed by atoms with Gasteiger partial charge in [0.15, 0.2) is 0 Å². The molecule has 0 aliphatic carbocycles. The van der Waals surface area contributed by atoms with Crippen molar-refractivity contribution >= 4 is 29.0 Å². The van der Waals surface area contributed by atoms with Crippen molar-refractivity contribution in [2.75, 3.05) is 11.9 Å². The van der Waals surface area contributed by atoms with E-state index in [-0.39, 0.29) is 22.4 Å². The lowest BCUT2D eigenvalue weighted by Crippen LogP contribution is -2.19. The number of halogens is 1. The van der Waals surface area contributed by atoms with Gasteiger partial charge in [0.1, 0.15) is 0 Å². The Labute approximate surface area is 143 Å². The van der Waals surface area contributed by atoms with E-state index in [2.05, 4.69) is 5.32 Å². The van der Waals surface area contributed by atoms with Gasteiger partial charge in [0.05, 0.1) is 10.9 Å². The summed E-state index contributed by atoms with van der Waals surface area (Å²) >= 11 is 5.99. The van der Waals surface area contributed by atoms with Crippen LogP contribution in [0.1, 0.15) is 28.8 Å². The lowest BCUT2D eigenvalue weighted by atomic mass is 10.0. The summed E-state index contributed by atoms with van der Waals surface area (Å²) in [6.07, 6.45) is 0. The van der Waals surface area contributed by atoms with Crippen molar-refractivity contribution in [3.63, 3.8) is 0 Å². The molecule has 2 aromatic rings. The van der Waals surface area contributed by atoms with Gasteiger partial charge in [-0.25, -0.2) is 0 Å². The molecular formula is C17H15ClN2O4. The predicted molar refractivity (Wildman–Crippen MR) is 91.1 cm³/mol. The number of benzene rings is 2. The molecule has 2 aromatic carbocycles. The zero-order chi connectivity index (χ0) is 17.7. The Kier molecular flexibility index (Phi) is 5.65. The van der Waals surface area contributed by atoms with E-state index in [0.29, 0.717) is 5.69 Å². The predicted octanol–water partition coefficient (Wildman–Crippen LogP) is 3.54. The zero-order valence-electron chi connectivity index (χ0n) is 12.9. The Hall–Kier alpha value is -2.73. The fourth-order valence-corrected chi connectivity index (χ4v) is 2.45. The summed E-state index contributed by atoms with van der Waals surface area (Å²) in [5.74, 6) is -1.26. The summed E-state index contributed by atoms with van der Waals surface area (Å²) in [6, 6.07) is 13.6. The van der Waals surface area contributed by atoms with Crippen LogP contribution in [0.2, 0.25) is 5.02 Å². The van der Waals surface area contributed by atoms with E-state index in [1.54, 1.807) is 6.92 Å². The maximum absolute atomic E-state index is 12.3. The molecule has 0 aromatic heterocycles. The van der Waals surface area contributed by atoms with E-state index in [4.69, 9.17) is 11.6 Å². The summed E-state index contributed by atoms with van der Waals surface area (Å²) in [5.41, 5.74) is 1.35. The molecule has 0 fully saturated rings. The Morgan fingerprint density at radius 3 is 2.46 bits per heavy atom. The van der Waals surface area contributed by atoms with Crippen molar-refractivity contribution in [3.05, 3.63) is 74.8 Å². The Morgan fingerprint density at radius 2 is 1.88 bits per heavy atom. The Bertz CT molecular complexity index is 777. The van der Waals surface area contributed by atoms with E-state index in [1.807, 2.05) is 30.3 Å². The quantitative estimate of drug-likeness (QED) is 0.492. The largest absolute Gasteiger partial charge is 0.326 e. The van der Waals surface area contributed by atoms with Crippen LogP contribution < -0.4 is 5.32 Å². The molecule has 1 N–H and O–H groups in total. The highest BCUT2D eigenvalue weighted by atomic mass is 35.5. The summed E-state index contributed by atoms with van der Waals surface area (Å²) in [4.78, 5) is 33.7. The molecule has 1 atom stereocenters. The van der Waals surface area contributed by atoms with Crippen LogP contribution in [-0.4, -0.2) is 23.2 Å². The van der Waals surface area contributed by atoms with Crippen LogP contribution in [0, 0.1) is 10.1 Å². The van der Waals surface area contributed by atoms with Crippen LogP contribution in [-0.2, 0) is 4.79 Å². The number of carbonyl (C=O) groups excluding carboxylic acids is 2. The Morgan fingerprint density at radius 1 is 1.21 bits per heavy atom. The normalized spacial score (nSPS) is 11.6. The number of nitrogens with one attached hydrogen (secondary N) is 1. The highest BCUT2D eigenvalue weighted by molar-refractivity contribution is 6.34. The second kappa shape index (κ2) is 7.70. The minimum Gasteiger partial charge on any atom is -0.326 e. The van der Waals surface area contributed by atoms with Crippen LogP contribution in [0.25, 0.3) is 0 Å². The molecule has 7 heteroatoms. The topological polar surface area (TPSA) is 89.3 Å². The number of hydrogen-bond acceptors (Lipinski definition) is 4. The molecule has 24 heavy (non-hydrogen) atoms. The van der Waals surface area contributed by atoms with Gasteiger partial charge in [-0.05, 0) is 30.7 Å². The fourth-order valence-electron chi connectivity index (χ4n) is 2.17. The van der Waals surface area contributed by atoms with Crippen molar-refractivity contribution < 1.29 is 14.5 Å². The fraction of sp³-hybridized carbons (Fsp3) is 0.176. The van der Waals surface area contributed by atoms with E-state index in [0.717, 1.165) is 5.56 Å². The van der Waals surface area contributed by atoms with Gasteiger partial charge in [-0.2, -0.15) is 0 Å². The lowest BCUT2D eigenvalue weighted by molar-refractivity contribution is -0.465. The van der Waals surface area contributed by atoms with Gasteiger partial charge < -0.3 is 5.32 Å². The van der Waals surface area contributed by atoms with Crippen molar-refractivity contribution in [1.82, 2.24) is 0 Å². The monoisotopic (exact) mass is 346 g/mol. The van der Waals surface area contributed by atoms with E-state index >= 15 is 0 Å². The minimum absolute atomic E-state index is 0.0578. The molecule has 0 heterocycles. The second-order valence-corrected chi connectivity index (χ2v) is 5.64. The van der Waals surface area contributed by atoms with Crippen molar-refractivity contribution in [2.45, 2.75) is 12.8 Å². The summed E-state index contributed by atoms with van der Waals surface area (Å²) in [7, 11) is 0. The lowest BCUT2D eigenvalue weighted by Gasteiger charge is -2.13. The first kappa shape index (κ1) is 17.6. The average molecular weight is 347 g/mol. The van der Waals surface area contributed by atoms with Crippen molar-refractivity contribution in [3.8, 4) is 0 Å². The van der Waals surface area contributed by atoms with Crippen molar-refractivity contribution in [2.24, 2.45) is 0 Å². The number of nitrogens with zero attached hydrogens (tertiary/aromatic N) is 1. The molecule has 0 radical (unpaired) electrons. The molecule has 6 nitrogen and oxygen atoms in total. The van der Waals surface area contributed by atoms with Gasteiger partial charge in [0.25, 0.3) is 6.54 Å². The van der Waals surface area contributed by atoms with Crippen LogP contribution >= 0.6 is 11.6 Å². The first-order valence-corrected chi connectivity index (χ1v) is 7.56. The highest BCUT2D eigenvalue weighted by Gasteiger charge is 2.18. The molecule has 0 spiro atoms. The number of amides is 1. The van der Waals surface area contributed by atoms with Crippen LogP contribution in [0.15, 0.2) is 48.5 Å². The van der Waals surface area contributed by atoms with Gasteiger partial charge in [-0.3, -0.25) is 19.7 Å². The SMILES string of the molecule is CC(C(=O)Nc1ccc(C(=O)C[N+](=O)[O-])c(Cl)c1)c1ccccc1. The molecule has 0 aliphatic heterocycles. The number of rotatable bonds is 6. The number of carbonyl (C=O) groups is 2. The first-order chi connectivity index (χ1) is 11.4. The standard InChI is InChI=1S/C17H15ClN2O4/c1-11(12-5-3-2-4-6-12)17(22)19-13-7-8-14(15(18)9-13)16(21)10-20(23)24/h2-9,11H,10H2,1H3,(H,19,22). The number of hydrogen-bond donors (Lipinski definition) is 1. The van der Waals surface area contributed by atoms with E-state index in [9.17, 15) is 19.7 Å². The highest BCUT2D eigenvalue weighted by Crippen LogP contribution is 2.23. The van der Waals surface area contributed by atoms with E-state index < -0.39 is 17.3 Å². The zero-order valence-corrected chi connectivity index (χ0v) is 13.6. The number of ketones is 1. The molecule has 0 bridgehead atoms. The summed E-state index contributed by atoms with van der Waals surface area (Å²) in [5, 5.41) is 13.2. The molecule has 0 saturated heterocycles. The number of anilines is 1. The Balaban J connectivity index is 2.11. The molecule has 0 saturated carbocycles. The molecule has 124 valence electrons. The molecule has 2 rings (SSSR count). The third-order valence-electron chi connectivity index (χ3n) is 3.50. The third-order valence-corrected chi connectivity index (χ3v) is 3.82. The first-order valence-electron chi connectivity index (χ1n) is 7.19. The number of Topliss-reactive ketones (excluding diaryl/α,β-unsaturated/α-hetero) is 1. The average Bonchev–Trinajstić information content (AvgIpc) is 2.54. The van der Waals surface area contributed by atoms with Crippen LogP contribution in [0.3, 0.4) is 0 Å². The second-order valence-electron chi connectivity index (χ2n) is 5.23. The third kappa shape index (κ3) is 4.39. The van der Waals surface area contributed by atoms with Crippen LogP contribution in [0.5, 0.6) is 0 Å². The number of nitro groups is 1. The summed E-state index contributed by atoms with van der Waals surface area (Å²) < 4.78 is 0. The van der Waals surface area contributed by atoms with Gasteiger partial charge in [-0.15, -0.1) is 0 Å². The molecular weight excluding hydrogens is 332 g/mol. The van der Waals surface area contributed by atoms with Crippen LogP contribution in [0.4, 0.5) is 5.69 Å². The molecule has 1 unspecified atom stereocenters. The molecule has 0 aliphatic rings. The smallest absolute Gasteiger partial charge is 0.265 e. The van der Waals surface area contributed by atoms with Gasteiger partial charge >= 0.3 is 0 Å². The molecule has 1 amide bonds. The van der Waals surface area contributed by atoms with Crippen molar-refractivity contribution in [1.29, 1.82) is 0 Å². The maximum Gasteiger partial charge on any atom is 0.265 e. The maximum atomic E-state index is 12.3. The van der Waals surface area contributed by atoms with E-state index in [1.165, 1.54) is 18.2 Å². The van der Waals surface area contributed by atoms with Gasteiger partial charge in [0.2, 0.25) is 11.7 Å². The van der Waals surface area contributed by atoms with Gasteiger partial charge in [-0.1, -0.05) is 41.9 Å².